The summed E-state index contributed by atoms with van der Waals surface area (Å²) >= 11 is 3.42. The largest absolute Gasteiger partial charge is 0.393 e. The summed E-state index contributed by atoms with van der Waals surface area (Å²) in [5.41, 5.74) is 1.58. The third-order valence-corrected chi connectivity index (χ3v) is 4.06. The van der Waals surface area contributed by atoms with E-state index >= 15 is 0 Å². The van der Waals surface area contributed by atoms with Crippen molar-refractivity contribution >= 4 is 32.7 Å². The van der Waals surface area contributed by atoms with Gasteiger partial charge in [0.1, 0.15) is 5.69 Å². The fourth-order valence-corrected chi connectivity index (χ4v) is 2.84. The SMILES string of the molecule is O=C(c1cc2cc(Br)ccc2[nH]1)N1CCC(O)CC1. The number of aromatic nitrogens is 1. The van der Waals surface area contributed by atoms with Crippen molar-refractivity contribution in [3.63, 3.8) is 0 Å². The fraction of sp³-hybridized carbons (Fsp3) is 0.357. The van der Waals surface area contributed by atoms with Gasteiger partial charge in [0.15, 0.2) is 0 Å². The highest BCUT2D eigenvalue weighted by molar-refractivity contribution is 9.10. The van der Waals surface area contributed by atoms with Crippen molar-refractivity contribution in [2.24, 2.45) is 0 Å². The minimum Gasteiger partial charge on any atom is -0.393 e. The van der Waals surface area contributed by atoms with Crippen LogP contribution in [0.2, 0.25) is 0 Å². The summed E-state index contributed by atoms with van der Waals surface area (Å²) in [6.45, 7) is 1.25. The average Bonchev–Trinajstić information content (AvgIpc) is 2.81. The van der Waals surface area contributed by atoms with Gasteiger partial charge in [0.05, 0.1) is 6.10 Å². The van der Waals surface area contributed by atoms with E-state index in [2.05, 4.69) is 20.9 Å². The number of hydrogen-bond donors (Lipinski definition) is 2. The lowest BCUT2D eigenvalue weighted by atomic mass is 10.1. The summed E-state index contributed by atoms with van der Waals surface area (Å²) in [5, 5.41) is 10.5. The second-order valence-electron chi connectivity index (χ2n) is 4.94. The number of benzene rings is 1. The van der Waals surface area contributed by atoms with Crippen molar-refractivity contribution < 1.29 is 9.90 Å². The van der Waals surface area contributed by atoms with Crippen LogP contribution >= 0.6 is 15.9 Å². The van der Waals surface area contributed by atoms with E-state index in [1.54, 1.807) is 4.90 Å². The minimum absolute atomic E-state index is 0.0132. The molecular weight excluding hydrogens is 308 g/mol. The molecule has 1 amide bonds. The molecule has 0 bridgehead atoms. The van der Waals surface area contributed by atoms with E-state index < -0.39 is 0 Å². The van der Waals surface area contributed by atoms with Gasteiger partial charge in [-0.15, -0.1) is 0 Å². The van der Waals surface area contributed by atoms with Gasteiger partial charge in [0.25, 0.3) is 5.91 Å². The Bertz CT molecular complexity index is 615. The van der Waals surface area contributed by atoms with E-state index in [1.807, 2.05) is 24.3 Å². The zero-order valence-electron chi connectivity index (χ0n) is 10.4. The molecule has 0 aliphatic carbocycles. The van der Waals surface area contributed by atoms with E-state index in [0.29, 0.717) is 31.6 Å². The van der Waals surface area contributed by atoms with E-state index in [9.17, 15) is 9.90 Å². The molecule has 0 atom stereocenters. The van der Waals surface area contributed by atoms with E-state index in [0.717, 1.165) is 15.4 Å². The molecule has 4 nitrogen and oxygen atoms in total. The van der Waals surface area contributed by atoms with E-state index in [1.165, 1.54) is 0 Å². The normalized spacial score (nSPS) is 17.1. The number of hydrogen-bond acceptors (Lipinski definition) is 2. The Morgan fingerprint density at radius 1 is 1.32 bits per heavy atom. The zero-order valence-corrected chi connectivity index (χ0v) is 12.0. The lowest BCUT2D eigenvalue weighted by Gasteiger charge is -2.29. The summed E-state index contributed by atoms with van der Waals surface area (Å²) in [4.78, 5) is 17.3. The van der Waals surface area contributed by atoms with Gasteiger partial charge in [-0.05, 0) is 37.1 Å². The average molecular weight is 323 g/mol. The van der Waals surface area contributed by atoms with Crippen molar-refractivity contribution in [3.8, 4) is 0 Å². The monoisotopic (exact) mass is 322 g/mol. The number of carbonyl (C=O) groups is 1. The Morgan fingerprint density at radius 3 is 2.79 bits per heavy atom. The molecule has 2 heterocycles. The number of H-pyrrole nitrogens is 1. The molecule has 1 fully saturated rings. The molecule has 0 spiro atoms. The highest BCUT2D eigenvalue weighted by atomic mass is 79.9. The highest BCUT2D eigenvalue weighted by Crippen LogP contribution is 2.22. The van der Waals surface area contributed by atoms with Crippen molar-refractivity contribution in [2.75, 3.05) is 13.1 Å². The van der Waals surface area contributed by atoms with Crippen LogP contribution in [0.25, 0.3) is 10.9 Å². The molecule has 1 aromatic carbocycles. The molecule has 2 aromatic rings. The zero-order chi connectivity index (χ0) is 13.4. The number of aliphatic hydroxyl groups is 1. The number of aromatic amines is 1. The lowest BCUT2D eigenvalue weighted by Crippen LogP contribution is -2.40. The first-order valence-electron chi connectivity index (χ1n) is 6.39. The summed E-state index contributed by atoms with van der Waals surface area (Å²) in [7, 11) is 0. The molecule has 2 N–H and O–H groups in total. The van der Waals surface area contributed by atoms with Crippen LogP contribution in [0.4, 0.5) is 0 Å². The number of fused-ring (bicyclic) bond motifs is 1. The van der Waals surface area contributed by atoms with Crippen LogP contribution in [-0.2, 0) is 0 Å². The lowest BCUT2D eigenvalue weighted by molar-refractivity contribution is 0.0542. The summed E-state index contributed by atoms with van der Waals surface area (Å²) in [6, 6.07) is 7.77. The van der Waals surface area contributed by atoms with E-state index in [4.69, 9.17) is 0 Å². The summed E-state index contributed by atoms with van der Waals surface area (Å²) in [6.07, 6.45) is 1.07. The second-order valence-corrected chi connectivity index (χ2v) is 5.85. The van der Waals surface area contributed by atoms with Gasteiger partial charge < -0.3 is 15.0 Å². The molecular formula is C14H15BrN2O2. The smallest absolute Gasteiger partial charge is 0.270 e. The molecule has 100 valence electrons. The second kappa shape index (κ2) is 4.98. The number of carbonyl (C=O) groups excluding carboxylic acids is 1. The van der Waals surface area contributed by atoms with Crippen molar-refractivity contribution in [1.82, 2.24) is 9.88 Å². The number of likely N-dealkylation sites (tertiary alicyclic amines) is 1. The predicted molar refractivity (Wildman–Crippen MR) is 77.1 cm³/mol. The van der Waals surface area contributed by atoms with Crippen molar-refractivity contribution in [1.29, 1.82) is 0 Å². The van der Waals surface area contributed by atoms with Gasteiger partial charge in [-0.3, -0.25) is 4.79 Å². The number of halogens is 1. The van der Waals surface area contributed by atoms with Crippen molar-refractivity contribution in [3.05, 3.63) is 34.4 Å². The minimum atomic E-state index is -0.261. The molecule has 1 aromatic heterocycles. The standard InChI is InChI=1S/C14H15BrN2O2/c15-10-1-2-12-9(7-10)8-13(16-12)14(19)17-5-3-11(18)4-6-17/h1-2,7-8,11,16,18H,3-6H2. The fourth-order valence-electron chi connectivity index (χ4n) is 2.46. The van der Waals surface area contributed by atoms with Gasteiger partial charge >= 0.3 is 0 Å². The maximum absolute atomic E-state index is 12.4. The molecule has 1 aliphatic heterocycles. The van der Waals surface area contributed by atoms with Crippen LogP contribution in [0.1, 0.15) is 23.3 Å². The number of aliphatic hydroxyl groups excluding tert-OH is 1. The molecule has 3 rings (SSSR count). The van der Waals surface area contributed by atoms with Crippen LogP contribution in [0.15, 0.2) is 28.7 Å². The van der Waals surface area contributed by atoms with Gasteiger partial charge in [0, 0.05) is 28.5 Å². The number of piperidine rings is 1. The van der Waals surface area contributed by atoms with Crippen LogP contribution in [0.5, 0.6) is 0 Å². The first kappa shape index (κ1) is 12.7. The van der Waals surface area contributed by atoms with Crippen molar-refractivity contribution in [2.45, 2.75) is 18.9 Å². The summed E-state index contributed by atoms with van der Waals surface area (Å²) in [5.74, 6) is 0.0132. The number of nitrogens with one attached hydrogen (secondary N) is 1. The molecule has 19 heavy (non-hydrogen) atoms. The number of nitrogens with zero attached hydrogens (tertiary/aromatic N) is 1. The molecule has 1 saturated heterocycles. The van der Waals surface area contributed by atoms with Crippen LogP contribution in [0.3, 0.4) is 0 Å². The maximum atomic E-state index is 12.4. The third kappa shape index (κ3) is 2.53. The quantitative estimate of drug-likeness (QED) is 0.847. The molecule has 0 saturated carbocycles. The Balaban J connectivity index is 1.85. The van der Waals surface area contributed by atoms with Crippen LogP contribution in [-0.4, -0.2) is 40.1 Å². The Hall–Kier alpha value is -1.33. The number of amides is 1. The first-order chi connectivity index (χ1) is 9.13. The molecule has 0 radical (unpaired) electrons. The van der Waals surface area contributed by atoms with Crippen LogP contribution in [0, 0.1) is 0 Å². The maximum Gasteiger partial charge on any atom is 0.270 e. The molecule has 5 heteroatoms. The molecule has 1 aliphatic rings. The predicted octanol–water partition coefficient (Wildman–Crippen LogP) is 2.53. The number of rotatable bonds is 1. The Labute approximate surface area is 119 Å². The van der Waals surface area contributed by atoms with Gasteiger partial charge in [0.2, 0.25) is 0 Å². The van der Waals surface area contributed by atoms with Gasteiger partial charge in [-0.1, -0.05) is 15.9 Å². The van der Waals surface area contributed by atoms with E-state index in [-0.39, 0.29) is 12.0 Å². The molecule has 0 unspecified atom stereocenters. The van der Waals surface area contributed by atoms with Gasteiger partial charge in [-0.25, -0.2) is 0 Å². The summed E-state index contributed by atoms with van der Waals surface area (Å²) < 4.78 is 0.999. The Morgan fingerprint density at radius 2 is 2.05 bits per heavy atom. The van der Waals surface area contributed by atoms with Gasteiger partial charge in [-0.2, -0.15) is 0 Å². The van der Waals surface area contributed by atoms with Crippen LogP contribution < -0.4 is 0 Å². The first-order valence-corrected chi connectivity index (χ1v) is 7.18. The topological polar surface area (TPSA) is 56.3 Å². The highest BCUT2D eigenvalue weighted by Gasteiger charge is 2.23. The Kier molecular flexibility index (Phi) is 3.33. The third-order valence-electron chi connectivity index (χ3n) is 3.56.